The third-order valence-corrected chi connectivity index (χ3v) is 3.61. The molecule has 0 aliphatic rings. The number of hydrogen-bond acceptors (Lipinski definition) is 2. The monoisotopic (exact) mass is 285 g/mol. The number of aliphatic hydroxyl groups is 1. The molecule has 3 heteroatoms. The van der Waals surface area contributed by atoms with Gasteiger partial charge in [0.15, 0.2) is 0 Å². The summed E-state index contributed by atoms with van der Waals surface area (Å²) >= 11 is 3.40. The largest absolute Gasteiger partial charge is 0.398 e. The second-order valence-electron chi connectivity index (χ2n) is 4.21. The minimum Gasteiger partial charge on any atom is -0.398 e. The minimum absolute atomic E-state index is 0.456. The number of rotatable bonds is 5. The topological polar surface area (TPSA) is 46.2 Å². The molecule has 0 aromatic heterocycles. The molecule has 0 heterocycles. The van der Waals surface area contributed by atoms with Crippen LogP contribution in [0.3, 0.4) is 0 Å². The molecule has 1 rings (SSSR count). The van der Waals surface area contributed by atoms with Gasteiger partial charge in [0, 0.05) is 15.7 Å². The van der Waals surface area contributed by atoms with E-state index in [2.05, 4.69) is 29.8 Å². The maximum absolute atomic E-state index is 10.2. The van der Waals surface area contributed by atoms with Crippen molar-refractivity contribution in [3.63, 3.8) is 0 Å². The Bertz CT molecular complexity index is 337. The van der Waals surface area contributed by atoms with Gasteiger partial charge in [-0.25, -0.2) is 0 Å². The highest BCUT2D eigenvalue weighted by atomic mass is 79.9. The molecule has 0 saturated carbocycles. The van der Waals surface area contributed by atoms with E-state index in [0.29, 0.717) is 11.6 Å². The van der Waals surface area contributed by atoms with Crippen molar-refractivity contribution in [3.8, 4) is 0 Å². The number of anilines is 1. The zero-order valence-electron chi connectivity index (χ0n) is 9.91. The molecule has 1 unspecified atom stereocenters. The van der Waals surface area contributed by atoms with Crippen molar-refractivity contribution in [2.45, 2.75) is 39.2 Å². The lowest BCUT2D eigenvalue weighted by Gasteiger charge is -2.19. The lowest BCUT2D eigenvalue weighted by Crippen LogP contribution is -2.08. The van der Waals surface area contributed by atoms with Crippen LogP contribution in [0.1, 0.15) is 44.8 Å². The maximum Gasteiger partial charge on any atom is 0.0813 e. The first-order chi connectivity index (χ1) is 7.58. The summed E-state index contributed by atoms with van der Waals surface area (Å²) in [6.07, 6.45) is 2.53. The molecule has 0 amide bonds. The van der Waals surface area contributed by atoms with Gasteiger partial charge in [-0.3, -0.25) is 0 Å². The van der Waals surface area contributed by atoms with Gasteiger partial charge in [0.25, 0.3) is 0 Å². The summed E-state index contributed by atoms with van der Waals surface area (Å²) in [6.45, 7) is 4.32. The maximum atomic E-state index is 10.2. The lowest BCUT2D eigenvalue weighted by atomic mass is 9.92. The number of nitrogen functional groups attached to an aromatic ring is 1. The van der Waals surface area contributed by atoms with Crippen LogP contribution < -0.4 is 5.73 Å². The van der Waals surface area contributed by atoms with Gasteiger partial charge in [0.05, 0.1) is 6.10 Å². The summed E-state index contributed by atoms with van der Waals surface area (Å²) in [4.78, 5) is 0. The summed E-state index contributed by atoms with van der Waals surface area (Å²) in [5.74, 6) is 0.563. The van der Waals surface area contributed by atoms with Gasteiger partial charge in [0.1, 0.15) is 0 Å². The van der Waals surface area contributed by atoms with Gasteiger partial charge in [-0.2, -0.15) is 0 Å². The summed E-state index contributed by atoms with van der Waals surface area (Å²) in [5.41, 5.74) is 7.37. The van der Waals surface area contributed by atoms with Gasteiger partial charge in [-0.1, -0.05) is 42.6 Å². The Morgan fingerprint density at radius 2 is 1.94 bits per heavy atom. The van der Waals surface area contributed by atoms with Gasteiger partial charge >= 0.3 is 0 Å². The average Bonchev–Trinajstić information content (AvgIpc) is 2.28. The zero-order chi connectivity index (χ0) is 12.1. The van der Waals surface area contributed by atoms with Crippen molar-refractivity contribution in [1.82, 2.24) is 0 Å². The van der Waals surface area contributed by atoms with Crippen molar-refractivity contribution >= 4 is 21.6 Å². The van der Waals surface area contributed by atoms with E-state index in [1.165, 1.54) is 0 Å². The Kier molecular flexibility index (Phi) is 5.29. The first kappa shape index (κ1) is 13.5. The molecular formula is C13H20BrNO. The standard InChI is InChI=1S/C13H20BrNO/c1-3-9(4-2)7-13(16)11-8-10(14)5-6-12(11)15/h5-6,8-9,13,16H,3-4,7,15H2,1-2H3. The van der Waals surface area contributed by atoms with Crippen LogP contribution in [-0.4, -0.2) is 5.11 Å². The molecule has 0 saturated heterocycles. The molecule has 0 bridgehead atoms. The number of halogens is 1. The van der Waals surface area contributed by atoms with Crippen molar-refractivity contribution in [2.75, 3.05) is 5.73 Å². The van der Waals surface area contributed by atoms with Crippen molar-refractivity contribution in [1.29, 1.82) is 0 Å². The third kappa shape index (κ3) is 3.49. The van der Waals surface area contributed by atoms with Crippen molar-refractivity contribution in [2.24, 2.45) is 5.92 Å². The van der Waals surface area contributed by atoms with Gasteiger partial charge < -0.3 is 10.8 Å². The minimum atomic E-state index is -0.456. The fourth-order valence-corrected chi connectivity index (χ4v) is 2.28. The molecule has 16 heavy (non-hydrogen) atoms. The van der Waals surface area contributed by atoms with Crippen LogP contribution in [0.4, 0.5) is 5.69 Å². The smallest absolute Gasteiger partial charge is 0.0813 e. The Morgan fingerprint density at radius 3 is 2.50 bits per heavy atom. The Labute approximate surface area is 106 Å². The summed E-state index contributed by atoms with van der Waals surface area (Å²) in [7, 11) is 0. The normalized spacial score (nSPS) is 13.1. The molecule has 0 radical (unpaired) electrons. The molecule has 2 nitrogen and oxygen atoms in total. The predicted molar refractivity (Wildman–Crippen MR) is 72.2 cm³/mol. The number of nitrogens with two attached hydrogens (primary N) is 1. The van der Waals surface area contributed by atoms with E-state index in [1.807, 2.05) is 18.2 Å². The summed E-state index contributed by atoms with van der Waals surface area (Å²) in [6, 6.07) is 5.63. The van der Waals surface area contributed by atoms with Crippen molar-refractivity contribution in [3.05, 3.63) is 28.2 Å². The van der Waals surface area contributed by atoms with E-state index in [9.17, 15) is 5.11 Å². The van der Waals surface area contributed by atoms with E-state index in [0.717, 1.165) is 29.3 Å². The number of aliphatic hydroxyl groups excluding tert-OH is 1. The molecule has 0 aliphatic heterocycles. The first-order valence-electron chi connectivity index (χ1n) is 5.81. The highest BCUT2D eigenvalue weighted by Crippen LogP contribution is 2.30. The molecule has 0 spiro atoms. The Hall–Kier alpha value is -0.540. The van der Waals surface area contributed by atoms with Gasteiger partial charge in [-0.05, 0) is 30.5 Å². The second-order valence-corrected chi connectivity index (χ2v) is 5.12. The summed E-state index contributed by atoms with van der Waals surface area (Å²) in [5, 5.41) is 10.2. The molecule has 1 aromatic rings. The lowest BCUT2D eigenvalue weighted by molar-refractivity contribution is 0.142. The highest BCUT2D eigenvalue weighted by Gasteiger charge is 2.15. The van der Waals surface area contributed by atoms with E-state index in [1.54, 1.807) is 0 Å². The predicted octanol–water partition coefficient (Wildman–Crippen LogP) is 3.89. The van der Waals surface area contributed by atoms with Crippen LogP contribution in [0, 0.1) is 5.92 Å². The number of benzene rings is 1. The molecular weight excluding hydrogens is 266 g/mol. The fraction of sp³-hybridized carbons (Fsp3) is 0.538. The van der Waals surface area contributed by atoms with E-state index < -0.39 is 6.10 Å². The van der Waals surface area contributed by atoms with E-state index >= 15 is 0 Å². The molecule has 3 N–H and O–H groups in total. The molecule has 1 aromatic carbocycles. The third-order valence-electron chi connectivity index (χ3n) is 3.12. The van der Waals surface area contributed by atoms with Crippen LogP contribution in [0.5, 0.6) is 0 Å². The number of hydrogen-bond donors (Lipinski definition) is 2. The summed E-state index contributed by atoms with van der Waals surface area (Å²) < 4.78 is 0.959. The quantitative estimate of drug-likeness (QED) is 0.807. The molecule has 0 fully saturated rings. The van der Waals surface area contributed by atoms with Crippen LogP contribution >= 0.6 is 15.9 Å². The average molecular weight is 286 g/mol. The molecule has 90 valence electrons. The van der Waals surface area contributed by atoms with Gasteiger partial charge in [-0.15, -0.1) is 0 Å². The van der Waals surface area contributed by atoms with Crippen LogP contribution in [0.2, 0.25) is 0 Å². The molecule has 1 atom stereocenters. The SMILES string of the molecule is CCC(CC)CC(O)c1cc(Br)ccc1N. The van der Waals surface area contributed by atoms with E-state index in [-0.39, 0.29) is 0 Å². The van der Waals surface area contributed by atoms with Gasteiger partial charge in [0.2, 0.25) is 0 Å². The van der Waals surface area contributed by atoms with Crippen LogP contribution in [-0.2, 0) is 0 Å². The Balaban J connectivity index is 2.79. The highest BCUT2D eigenvalue weighted by molar-refractivity contribution is 9.10. The van der Waals surface area contributed by atoms with E-state index in [4.69, 9.17) is 5.73 Å². The zero-order valence-corrected chi connectivity index (χ0v) is 11.5. The van der Waals surface area contributed by atoms with Crippen LogP contribution in [0.15, 0.2) is 22.7 Å². The second kappa shape index (κ2) is 6.26. The van der Waals surface area contributed by atoms with Crippen LogP contribution in [0.25, 0.3) is 0 Å². The Morgan fingerprint density at radius 1 is 1.31 bits per heavy atom. The van der Waals surface area contributed by atoms with Crippen molar-refractivity contribution < 1.29 is 5.11 Å². The first-order valence-corrected chi connectivity index (χ1v) is 6.60. The fourth-order valence-electron chi connectivity index (χ4n) is 1.90. The molecule has 0 aliphatic carbocycles.